The van der Waals surface area contributed by atoms with Crippen molar-refractivity contribution in [2.45, 2.75) is 18.8 Å². The van der Waals surface area contributed by atoms with Crippen LogP contribution in [0.5, 0.6) is 0 Å². The predicted octanol–water partition coefficient (Wildman–Crippen LogP) is 2.00. The fourth-order valence-electron chi connectivity index (χ4n) is 1.89. The molecule has 0 aliphatic heterocycles. The molecule has 23 heavy (non-hydrogen) atoms. The van der Waals surface area contributed by atoms with E-state index in [0.29, 0.717) is 0 Å². The highest BCUT2D eigenvalue weighted by atomic mass is 28.3. The average Bonchev–Trinajstić information content (AvgIpc) is 2.56. The standard InChI is InChI=1S/C16H20O6Si/c1-6-13(23(4)5)22-14(17)10-7-8-11(15(18)20-2)12(9-10)16(19)21-3/h6-9,13,23H,1H2,2-5H3. The first-order chi connectivity index (χ1) is 10.8. The Hall–Kier alpha value is -2.41. The van der Waals surface area contributed by atoms with Gasteiger partial charge < -0.3 is 14.2 Å². The van der Waals surface area contributed by atoms with Gasteiger partial charge in [0.1, 0.15) is 5.73 Å². The lowest BCUT2D eigenvalue weighted by Gasteiger charge is -2.17. The van der Waals surface area contributed by atoms with Gasteiger partial charge in [-0.25, -0.2) is 14.4 Å². The predicted molar refractivity (Wildman–Crippen MR) is 87.4 cm³/mol. The molecule has 0 saturated heterocycles. The van der Waals surface area contributed by atoms with Gasteiger partial charge in [0.05, 0.1) is 39.7 Å². The molecule has 0 saturated carbocycles. The van der Waals surface area contributed by atoms with E-state index in [4.69, 9.17) is 4.74 Å². The van der Waals surface area contributed by atoms with E-state index in [9.17, 15) is 14.4 Å². The van der Waals surface area contributed by atoms with Crippen LogP contribution in [0.15, 0.2) is 30.9 Å². The van der Waals surface area contributed by atoms with Gasteiger partial charge in [0.15, 0.2) is 0 Å². The van der Waals surface area contributed by atoms with Gasteiger partial charge in [-0.3, -0.25) is 0 Å². The maximum Gasteiger partial charge on any atom is 0.338 e. The lowest BCUT2D eigenvalue weighted by atomic mass is 10.0. The summed E-state index contributed by atoms with van der Waals surface area (Å²) < 4.78 is 14.6. The lowest BCUT2D eigenvalue weighted by molar-refractivity contribution is 0.0492. The molecular weight excluding hydrogens is 316 g/mol. The Morgan fingerprint density at radius 3 is 2.09 bits per heavy atom. The zero-order valence-corrected chi connectivity index (χ0v) is 14.8. The Bertz CT molecular complexity index is 623. The minimum absolute atomic E-state index is 0.0226. The number of carbonyl (C=O) groups excluding carboxylic acids is 3. The molecule has 0 spiro atoms. The van der Waals surface area contributed by atoms with Crippen LogP contribution in [0, 0.1) is 0 Å². The number of ether oxygens (including phenoxy) is 3. The first-order valence-corrected chi connectivity index (χ1v) is 9.97. The Kier molecular flexibility index (Phi) is 6.71. The summed E-state index contributed by atoms with van der Waals surface area (Å²) in [7, 11) is 1.13. The highest BCUT2D eigenvalue weighted by Crippen LogP contribution is 2.16. The minimum Gasteiger partial charge on any atom is -0.465 e. The van der Waals surface area contributed by atoms with Crippen molar-refractivity contribution < 1.29 is 28.6 Å². The van der Waals surface area contributed by atoms with E-state index in [0.717, 1.165) is 0 Å². The van der Waals surface area contributed by atoms with Crippen molar-refractivity contribution in [1.29, 1.82) is 0 Å². The molecule has 0 bridgehead atoms. The summed E-state index contributed by atoms with van der Waals surface area (Å²) in [5.41, 5.74) is -0.191. The maximum atomic E-state index is 12.2. The van der Waals surface area contributed by atoms with Crippen molar-refractivity contribution in [3.05, 3.63) is 47.5 Å². The summed E-state index contributed by atoms with van der Waals surface area (Å²) in [6.07, 6.45) is 1.60. The van der Waals surface area contributed by atoms with Crippen molar-refractivity contribution in [1.82, 2.24) is 0 Å². The molecule has 1 unspecified atom stereocenters. The molecule has 6 nitrogen and oxygen atoms in total. The van der Waals surface area contributed by atoms with Crippen molar-refractivity contribution >= 4 is 26.7 Å². The zero-order valence-electron chi connectivity index (χ0n) is 13.6. The highest BCUT2D eigenvalue weighted by Gasteiger charge is 2.23. The smallest absolute Gasteiger partial charge is 0.338 e. The van der Waals surface area contributed by atoms with Crippen LogP contribution < -0.4 is 0 Å². The third-order valence-electron chi connectivity index (χ3n) is 3.20. The number of hydrogen-bond donors (Lipinski definition) is 0. The molecular formula is C16H20O6Si. The fourth-order valence-corrected chi connectivity index (χ4v) is 2.83. The number of rotatable bonds is 6. The summed E-state index contributed by atoms with van der Waals surface area (Å²) in [6.45, 7) is 7.71. The largest absolute Gasteiger partial charge is 0.465 e. The van der Waals surface area contributed by atoms with E-state index >= 15 is 0 Å². The Morgan fingerprint density at radius 2 is 1.61 bits per heavy atom. The molecule has 1 aromatic rings. The second-order valence-corrected chi connectivity index (χ2v) is 8.24. The van der Waals surface area contributed by atoms with Crippen molar-refractivity contribution in [3.8, 4) is 0 Å². The summed E-state index contributed by atoms with van der Waals surface area (Å²) in [4.78, 5) is 35.7. The van der Waals surface area contributed by atoms with Crippen LogP contribution in [0.2, 0.25) is 13.1 Å². The molecule has 0 aromatic heterocycles. The molecule has 1 rings (SSSR count). The molecule has 0 aliphatic carbocycles. The zero-order chi connectivity index (χ0) is 17.6. The number of methoxy groups -OCH3 is 2. The SMILES string of the molecule is C=CC(OC(=O)c1ccc(C(=O)OC)c(C(=O)OC)c1)[SiH](C)C. The topological polar surface area (TPSA) is 78.9 Å². The van der Waals surface area contributed by atoms with Crippen LogP contribution in [0.3, 0.4) is 0 Å². The molecule has 0 radical (unpaired) electrons. The van der Waals surface area contributed by atoms with Crippen LogP contribution in [-0.2, 0) is 14.2 Å². The van der Waals surface area contributed by atoms with E-state index < -0.39 is 26.7 Å². The third kappa shape index (κ3) is 4.53. The summed E-state index contributed by atoms with van der Waals surface area (Å²) in [5, 5.41) is 0. The van der Waals surface area contributed by atoms with Gasteiger partial charge in [-0.1, -0.05) is 25.7 Å². The average molecular weight is 336 g/mol. The Morgan fingerprint density at radius 1 is 1.04 bits per heavy atom. The van der Waals surface area contributed by atoms with Crippen LogP contribution in [-0.4, -0.2) is 46.7 Å². The molecule has 0 heterocycles. The van der Waals surface area contributed by atoms with Gasteiger partial charge in [0, 0.05) is 0 Å². The van der Waals surface area contributed by atoms with Gasteiger partial charge in [0.2, 0.25) is 0 Å². The minimum atomic E-state index is -1.26. The van der Waals surface area contributed by atoms with E-state index in [1.54, 1.807) is 6.08 Å². The van der Waals surface area contributed by atoms with Gasteiger partial charge >= 0.3 is 17.9 Å². The lowest BCUT2D eigenvalue weighted by Crippen LogP contribution is -2.28. The van der Waals surface area contributed by atoms with Gasteiger partial charge in [-0.2, -0.15) is 0 Å². The van der Waals surface area contributed by atoms with Crippen LogP contribution in [0.1, 0.15) is 31.1 Å². The quantitative estimate of drug-likeness (QED) is 0.342. The molecule has 124 valence electrons. The maximum absolute atomic E-state index is 12.2. The molecule has 0 fully saturated rings. The van der Waals surface area contributed by atoms with Gasteiger partial charge in [-0.05, 0) is 18.2 Å². The van der Waals surface area contributed by atoms with Crippen LogP contribution >= 0.6 is 0 Å². The Labute approximate surface area is 136 Å². The molecule has 0 aliphatic rings. The van der Waals surface area contributed by atoms with E-state index in [-0.39, 0.29) is 22.4 Å². The Balaban J connectivity index is 3.19. The molecule has 7 heteroatoms. The first kappa shape index (κ1) is 18.6. The third-order valence-corrected chi connectivity index (χ3v) is 4.92. The first-order valence-electron chi connectivity index (χ1n) is 6.99. The molecule has 1 atom stereocenters. The molecule has 0 amide bonds. The van der Waals surface area contributed by atoms with Crippen molar-refractivity contribution in [3.63, 3.8) is 0 Å². The van der Waals surface area contributed by atoms with E-state index in [1.807, 2.05) is 13.1 Å². The number of carbonyl (C=O) groups is 3. The summed E-state index contributed by atoms with van der Waals surface area (Å²) >= 11 is 0. The van der Waals surface area contributed by atoms with E-state index in [1.165, 1.54) is 32.4 Å². The normalized spacial score (nSPS) is 11.5. The van der Waals surface area contributed by atoms with Gasteiger partial charge in [0.25, 0.3) is 0 Å². The molecule has 0 N–H and O–H groups in total. The monoisotopic (exact) mass is 336 g/mol. The number of esters is 3. The second-order valence-electron chi connectivity index (χ2n) is 5.09. The second kappa shape index (κ2) is 8.28. The number of benzene rings is 1. The van der Waals surface area contributed by atoms with E-state index in [2.05, 4.69) is 16.1 Å². The summed E-state index contributed by atoms with van der Waals surface area (Å²) in [6, 6.07) is 4.01. The van der Waals surface area contributed by atoms with Crippen LogP contribution in [0.25, 0.3) is 0 Å². The molecule has 1 aromatic carbocycles. The number of hydrogen-bond acceptors (Lipinski definition) is 6. The van der Waals surface area contributed by atoms with Crippen molar-refractivity contribution in [2.75, 3.05) is 14.2 Å². The highest BCUT2D eigenvalue weighted by molar-refractivity contribution is 6.58. The summed E-state index contributed by atoms with van der Waals surface area (Å²) in [5.74, 6) is -2.01. The fraction of sp³-hybridized carbons (Fsp3) is 0.312. The van der Waals surface area contributed by atoms with Crippen molar-refractivity contribution in [2.24, 2.45) is 0 Å². The van der Waals surface area contributed by atoms with Crippen LogP contribution in [0.4, 0.5) is 0 Å². The van der Waals surface area contributed by atoms with Gasteiger partial charge in [-0.15, -0.1) is 0 Å².